The zero-order valence-corrected chi connectivity index (χ0v) is 17.0. The molecular formula is C24H14F6N2O2. The zero-order valence-electron chi connectivity index (χ0n) is 17.0. The van der Waals surface area contributed by atoms with E-state index in [0.717, 1.165) is 18.2 Å². The van der Waals surface area contributed by atoms with E-state index in [4.69, 9.17) is 4.42 Å². The molecule has 0 bridgehead atoms. The van der Waals surface area contributed by atoms with Gasteiger partial charge < -0.3 is 9.73 Å². The number of rotatable bonds is 4. The first-order valence-corrected chi connectivity index (χ1v) is 9.75. The maximum atomic E-state index is 13.5. The summed E-state index contributed by atoms with van der Waals surface area (Å²) in [7, 11) is 0. The number of hydrogen-bond donors (Lipinski definition) is 1. The maximum Gasteiger partial charge on any atom is 0.451 e. The minimum atomic E-state index is -4.77. The van der Waals surface area contributed by atoms with Gasteiger partial charge in [-0.2, -0.15) is 26.3 Å². The first-order chi connectivity index (χ1) is 16.0. The van der Waals surface area contributed by atoms with E-state index in [2.05, 4.69) is 10.3 Å². The van der Waals surface area contributed by atoms with E-state index < -0.39 is 29.6 Å². The molecule has 0 spiro atoms. The van der Waals surface area contributed by atoms with Crippen molar-refractivity contribution in [3.05, 3.63) is 95.7 Å². The molecule has 3 aromatic carbocycles. The number of nitrogens with one attached hydrogen (secondary N) is 1. The number of amides is 1. The number of anilines is 1. The molecule has 1 heterocycles. The predicted octanol–water partition coefficient (Wildman–Crippen LogP) is 7.30. The highest BCUT2D eigenvalue weighted by atomic mass is 19.4. The molecule has 0 aliphatic rings. The quantitative estimate of drug-likeness (QED) is 0.315. The third-order valence-corrected chi connectivity index (χ3v) is 4.77. The van der Waals surface area contributed by atoms with Crippen LogP contribution in [0.5, 0.6) is 0 Å². The highest BCUT2D eigenvalue weighted by Gasteiger charge is 2.40. The van der Waals surface area contributed by atoms with Crippen molar-refractivity contribution < 1.29 is 35.6 Å². The Morgan fingerprint density at radius 2 is 1.44 bits per heavy atom. The summed E-state index contributed by atoms with van der Waals surface area (Å²) < 4.78 is 84.0. The lowest BCUT2D eigenvalue weighted by atomic mass is 10.1. The molecule has 0 aliphatic carbocycles. The van der Waals surface area contributed by atoms with Gasteiger partial charge in [0.1, 0.15) is 5.69 Å². The molecule has 0 saturated carbocycles. The van der Waals surface area contributed by atoms with Crippen molar-refractivity contribution >= 4 is 11.6 Å². The van der Waals surface area contributed by atoms with Crippen LogP contribution in [0.3, 0.4) is 0 Å². The van der Waals surface area contributed by atoms with Crippen molar-refractivity contribution in [2.45, 2.75) is 12.4 Å². The van der Waals surface area contributed by atoms with Crippen molar-refractivity contribution in [1.29, 1.82) is 0 Å². The SMILES string of the molecule is O=C(Nc1ccc(-c2nc(-c3ccccc3)c(C(F)(F)F)o2)cc1)c1cccc(C(F)(F)F)c1. The topological polar surface area (TPSA) is 55.1 Å². The monoisotopic (exact) mass is 476 g/mol. The number of carbonyl (C=O) groups excluding carboxylic acids is 1. The van der Waals surface area contributed by atoms with E-state index >= 15 is 0 Å². The average Bonchev–Trinajstić information content (AvgIpc) is 3.26. The fraction of sp³-hybridized carbons (Fsp3) is 0.0833. The van der Waals surface area contributed by atoms with Crippen molar-refractivity contribution in [3.8, 4) is 22.7 Å². The summed E-state index contributed by atoms with van der Waals surface area (Å²) >= 11 is 0. The number of oxazole rings is 1. The van der Waals surface area contributed by atoms with Crippen LogP contribution in [-0.2, 0) is 12.4 Å². The van der Waals surface area contributed by atoms with E-state index in [1.165, 1.54) is 42.5 Å². The van der Waals surface area contributed by atoms with Gasteiger partial charge in [0, 0.05) is 22.4 Å². The molecule has 174 valence electrons. The van der Waals surface area contributed by atoms with Gasteiger partial charge in [0.05, 0.1) is 5.56 Å². The molecule has 1 amide bonds. The Morgan fingerprint density at radius 3 is 2.06 bits per heavy atom. The molecule has 10 heteroatoms. The van der Waals surface area contributed by atoms with Gasteiger partial charge in [0.2, 0.25) is 11.7 Å². The molecule has 4 aromatic rings. The van der Waals surface area contributed by atoms with E-state index in [1.807, 2.05) is 0 Å². The molecule has 1 N–H and O–H groups in total. The Balaban J connectivity index is 1.58. The second kappa shape index (κ2) is 8.69. The molecule has 34 heavy (non-hydrogen) atoms. The van der Waals surface area contributed by atoms with Crippen LogP contribution in [0.4, 0.5) is 32.0 Å². The third kappa shape index (κ3) is 4.95. The molecule has 0 aliphatic heterocycles. The smallest absolute Gasteiger partial charge is 0.431 e. The number of aromatic nitrogens is 1. The van der Waals surface area contributed by atoms with Crippen LogP contribution in [0.1, 0.15) is 21.7 Å². The molecule has 0 atom stereocenters. The Kier molecular flexibility index (Phi) is 5.90. The Labute approximate surface area is 188 Å². The van der Waals surface area contributed by atoms with Gasteiger partial charge in [-0.3, -0.25) is 4.79 Å². The number of carbonyl (C=O) groups is 1. The number of alkyl halides is 6. The highest BCUT2D eigenvalue weighted by molar-refractivity contribution is 6.04. The largest absolute Gasteiger partial charge is 0.451 e. The van der Waals surface area contributed by atoms with Gasteiger partial charge in [-0.05, 0) is 42.5 Å². The minimum Gasteiger partial charge on any atom is -0.431 e. The molecule has 0 fully saturated rings. The standard InChI is InChI=1S/C24H14F6N2O2/c25-23(26,27)17-8-4-7-16(13-17)21(33)31-18-11-9-15(10-12-18)22-32-19(14-5-2-1-3-6-14)20(34-22)24(28,29)30/h1-13H,(H,31,33). The van der Waals surface area contributed by atoms with Crippen LogP contribution in [0, 0.1) is 0 Å². The van der Waals surface area contributed by atoms with Crippen LogP contribution in [0.15, 0.2) is 83.3 Å². The van der Waals surface area contributed by atoms with Crippen LogP contribution in [0.2, 0.25) is 0 Å². The number of hydrogen-bond acceptors (Lipinski definition) is 3. The van der Waals surface area contributed by atoms with Gasteiger partial charge in [-0.25, -0.2) is 4.98 Å². The second-order valence-corrected chi connectivity index (χ2v) is 7.17. The molecular weight excluding hydrogens is 462 g/mol. The Hall–Kier alpha value is -4.08. The summed E-state index contributed by atoms with van der Waals surface area (Å²) in [5.41, 5.74) is -0.857. The average molecular weight is 476 g/mol. The highest BCUT2D eigenvalue weighted by Crippen LogP contribution is 2.39. The van der Waals surface area contributed by atoms with Gasteiger partial charge in [-0.1, -0.05) is 36.4 Å². The first kappa shape index (κ1) is 23.1. The predicted molar refractivity (Wildman–Crippen MR) is 112 cm³/mol. The van der Waals surface area contributed by atoms with Crippen molar-refractivity contribution in [1.82, 2.24) is 4.98 Å². The van der Waals surface area contributed by atoms with Gasteiger partial charge >= 0.3 is 12.4 Å². The van der Waals surface area contributed by atoms with Crippen molar-refractivity contribution in [2.75, 3.05) is 5.32 Å². The summed E-state index contributed by atoms with van der Waals surface area (Å²) in [6, 6.07) is 17.2. The molecule has 0 radical (unpaired) electrons. The number of benzene rings is 3. The number of halogens is 6. The molecule has 4 nitrogen and oxygen atoms in total. The van der Waals surface area contributed by atoms with Crippen LogP contribution in [0.25, 0.3) is 22.7 Å². The summed E-state index contributed by atoms with van der Waals surface area (Å²) in [5, 5.41) is 2.44. The summed E-state index contributed by atoms with van der Waals surface area (Å²) in [5.74, 6) is -2.29. The molecule has 0 saturated heterocycles. The fourth-order valence-corrected chi connectivity index (χ4v) is 3.16. The van der Waals surface area contributed by atoms with Gasteiger partial charge in [0.15, 0.2) is 0 Å². The summed E-state index contributed by atoms with van der Waals surface area (Å²) in [4.78, 5) is 16.3. The minimum absolute atomic E-state index is 0.200. The summed E-state index contributed by atoms with van der Waals surface area (Å²) in [6.45, 7) is 0. The lowest BCUT2D eigenvalue weighted by Gasteiger charge is -2.09. The first-order valence-electron chi connectivity index (χ1n) is 9.75. The second-order valence-electron chi connectivity index (χ2n) is 7.17. The molecule has 1 aromatic heterocycles. The van der Waals surface area contributed by atoms with E-state index in [1.54, 1.807) is 18.2 Å². The van der Waals surface area contributed by atoms with Crippen LogP contribution >= 0.6 is 0 Å². The van der Waals surface area contributed by atoms with Gasteiger partial charge in [-0.15, -0.1) is 0 Å². The lowest BCUT2D eigenvalue weighted by Crippen LogP contribution is -2.13. The van der Waals surface area contributed by atoms with Crippen LogP contribution in [-0.4, -0.2) is 10.9 Å². The van der Waals surface area contributed by atoms with Crippen LogP contribution < -0.4 is 5.32 Å². The van der Waals surface area contributed by atoms with Gasteiger partial charge in [0.25, 0.3) is 5.91 Å². The Bertz CT molecular complexity index is 1310. The van der Waals surface area contributed by atoms with Crippen molar-refractivity contribution in [2.24, 2.45) is 0 Å². The summed E-state index contributed by atoms with van der Waals surface area (Å²) in [6.07, 6.45) is -9.36. The fourth-order valence-electron chi connectivity index (χ4n) is 3.16. The van der Waals surface area contributed by atoms with E-state index in [9.17, 15) is 31.1 Å². The van der Waals surface area contributed by atoms with Crippen molar-refractivity contribution in [3.63, 3.8) is 0 Å². The maximum absolute atomic E-state index is 13.5. The van der Waals surface area contributed by atoms with E-state index in [0.29, 0.717) is 0 Å². The molecule has 0 unspecified atom stereocenters. The normalized spacial score (nSPS) is 11.9. The van der Waals surface area contributed by atoms with E-state index in [-0.39, 0.29) is 34.0 Å². The number of nitrogens with zero attached hydrogens (tertiary/aromatic N) is 1. The Morgan fingerprint density at radius 1 is 0.765 bits per heavy atom. The zero-order chi connectivity index (χ0) is 24.5. The molecule has 4 rings (SSSR count). The lowest BCUT2D eigenvalue weighted by molar-refractivity contribution is -0.152. The third-order valence-electron chi connectivity index (χ3n) is 4.77.